The first-order chi connectivity index (χ1) is 26.3. The molecule has 0 radical (unpaired) electrons. The molecule has 0 spiro atoms. The van der Waals surface area contributed by atoms with Gasteiger partial charge in [0, 0.05) is 46.3 Å². The molecule has 270 valence electrons. The highest BCUT2D eigenvalue weighted by Crippen LogP contribution is 2.38. The van der Waals surface area contributed by atoms with E-state index in [1.54, 1.807) is 0 Å². The number of anilines is 6. The second-order valence-electron chi connectivity index (χ2n) is 12.7. The van der Waals surface area contributed by atoms with Crippen molar-refractivity contribution in [3.63, 3.8) is 0 Å². The van der Waals surface area contributed by atoms with Gasteiger partial charge in [-0.25, -0.2) is 9.59 Å². The molecule has 6 aromatic rings. The maximum atomic E-state index is 11.5. The second-order valence-corrected chi connectivity index (χ2v) is 12.7. The van der Waals surface area contributed by atoms with Crippen LogP contribution in [0.3, 0.4) is 0 Å². The molecule has 0 saturated heterocycles. The van der Waals surface area contributed by atoms with Gasteiger partial charge in [0.1, 0.15) is 25.6 Å². The van der Waals surface area contributed by atoms with Crippen molar-refractivity contribution in [3.05, 3.63) is 199 Å². The molecule has 0 fully saturated rings. The molecule has 0 unspecified atom stereocenters. The Morgan fingerprint density at radius 2 is 0.889 bits per heavy atom. The molecule has 0 aliphatic heterocycles. The molecule has 0 bridgehead atoms. The number of ether oxygens (including phenoxy) is 3. The Morgan fingerprint density at radius 1 is 0.500 bits per heavy atom. The highest BCUT2D eigenvalue weighted by Gasteiger charge is 2.16. The van der Waals surface area contributed by atoms with E-state index in [-0.39, 0.29) is 13.2 Å². The van der Waals surface area contributed by atoms with Crippen LogP contribution >= 0.6 is 0 Å². The van der Waals surface area contributed by atoms with Gasteiger partial charge in [0.2, 0.25) is 0 Å². The first-order valence-corrected chi connectivity index (χ1v) is 17.6. The SMILES string of the molecule is C=CC(=O)OCc1ccc(N(c2ccc(C)cc2)c2ccc(COc3ccc(N(c4ccc(COC(=O)C=C)cc4)c4ccccc4C)cc3)cc2)cc1. The van der Waals surface area contributed by atoms with E-state index in [9.17, 15) is 9.59 Å². The standard InChI is InChI=1S/C47H42N2O5/c1-5-46(50)53-32-37-15-23-41(24-16-37)48(39-19-11-34(3)12-20-39)40-21-13-36(14-22-40)31-52-44-29-27-43(28-30-44)49(45-10-8-7-9-35(45)4)42-25-17-38(18-26-42)33-54-47(51)6-2/h5-30H,1-2,31-33H2,3-4H3. The number of hydrogen-bond donors (Lipinski definition) is 0. The van der Waals surface area contributed by atoms with E-state index in [2.05, 4.69) is 110 Å². The zero-order valence-electron chi connectivity index (χ0n) is 30.5. The summed E-state index contributed by atoms with van der Waals surface area (Å²) in [7, 11) is 0. The maximum absolute atomic E-state index is 11.5. The van der Waals surface area contributed by atoms with Crippen molar-refractivity contribution < 1.29 is 23.8 Å². The van der Waals surface area contributed by atoms with Gasteiger partial charge >= 0.3 is 11.9 Å². The van der Waals surface area contributed by atoms with E-state index in [0.717, 1.165) is 74.3 Å². The molecule has 6 rings (SSSR count). The van der Waals surface area contributed by atoms with E-state index in [0.29, 0.717) is 6.61 Å². The van der Waals surface area contributed by atoms with Gasteiger partial charge in [0.25, 0.3) is 0 Å². The number of hydrogen-bond acceptors (Lipinski definition) is 7. The molecule has 0 amide bonds. The molecule has 0 aliphatic carbocycles. The Morgan fingerprint density at radius 3 is 1.33 bits per heavy atom. The van der Waals surface area contributed by atoms with Crippen molar-refractivity contribution in [2.24, 2.45) is 0 Å². The number of rotatable bonds is 15. The minimum absolute atomic E-state index is 0.182. The third-order valence-electron chi connectivity index (χ3n) is 8.83. The average Bonchev–Trinajstić information content (AvgIpc) is 3.21. The molecule has 0 N–H and O–H groups in total. The zero-order chi connectivity index (χ0) is 37.9. The number of carbonyl (C=O) groups is 2. The van der Waals surface area contributed by atoms with Crippen LogP contribution in [0, 0.1) is 13.8 Å². The van der Waals surface area contributed by atoms with Crippen LogP contribution in [0.4, 0.5) is 34.1 Å². The van der Waals surface area contributed by atoms with Gasteiger partial charge in [0.15, 0.2) is 0 Å². The van der Waals surface area contributed by atoms with Gasteiger partial charge in [-0.15, -0.1) is 0 Å². The smallest absolute Gasteiger partial charge is 0.330 e. The summed E-state index contributed by atoms with van der Waals surface area (Å²) in [5.41, 5.74) is 11.1. The molecule has 0 atom stereocenters. The third-order valence-corrected chi connectivity index (χ3v) is 8.83. The van der Waals surface area contributed by atoms with Crippen LogP contribution in [0.5, 0.6) is 5.75 Å². The van der Waals surface area contributed by atoms with Crippen LogP contribution in [0.2, 0.25) is 0 Å². The minimum atomic E-state index is -0.449. The second kappa shape index (κ2) is 17.6. The van der Waals surface area contributed by atoms with Crippen LogP contribution in [-0.4, -0.2) is 11.9 Å². The molecule has 7 nitrogen and oxygen atoms in total. The first kappa shape index (κ1) is 36.9. The molecule has 7 heteroatoms. The quantitative estimate of drug-likeness (QED) is 0.0775. The summed E-state index contributed by atoms with van der Waals surface area (Å²) in [6, 6.07) is 49.0. The van der Waals surface area contributed by atoms with Crippen molar-refractivity contribution in [1.29, 1.82) is 0 Å². The lowest BCUT2D eigenvalue weighted by molar-refractivity contribution is -0.139. The average molecular weight is 715 g/mol. The Balaban J connectivity index is 1.16. The first-order valence-electron chi connectivity index (χ1n) is 17.6. The zero-order valence-corrected chi connectivity index (χ0v) is 30.5. The van der Waals surface area contributed by atoms with Crippen molar-refractivity contribution in [3.8, 4) is 5.75 Å². The predicted molar refractivity (Wildman–Crippen MR) is 216 cm³/mol. The summed E-state index contributed by atoms with van der Waals surface area (Å²) in [5.74, 6) is -0.140. The van der Waals surface area contributed by atoms with Crippen molar-refractivity contribution in [2.75, 3.05) is 9.80 Å². The molecule has 6 aromatic carbocycles. The normalized spacial score (nSPS) is 10.6. The van der Waals surface area contributed by atoms with E-state index < -0.39 is 11.9 Å². The van der Waals surface area contributed by atoms with Gasteiger partial charge in [-0.3, -0.25) is 0 Å². The van der Waals surface area contributed by atoms with Crippen LogP contribution in [0.1, 0.15) is 27.8 Å². The molecular formula is C47H42N2O5. The largest absolute Gasteiger partial charge is 0.489 e. The lowest BCUT2D eigenvalue weighted by Crippen LogP contribution is -2.11. The summed E-state index contributed by atoms with van der Waals surface area (Å²) >= 11 is 0. The fourth-order valence-electron chi connectivity index (χ4n) is 5.89. The van der Waals surface area contributed by atoms with E-state index in [4.69, 9.17) is 14.2 Å². The van der Waals surface area contributed by atoms with Crippen molar-refractivity contribution in [1.82, 2.24) is 0 Å². The maximum Gasteiger partial charge on any atom is 0.330 e. The topological polar surface area (TPSA) is 68.3 Å². The summed E-state index contributed by atoms with van der Waals surface area (Å²) < 4.78 is 16.7. The lowest BCUT2D eigenvalue weighted by Gasteiger charge is -2.27. The monoisotopic (exact) mass is 714 g/mol. The number of para-hydroxylation sites is 1. The van der Waals surface area contributed by atoms with Gasteiger partial charge in [-0.2, -0.15) is 0 Å². The van der Waals surface area contributed by atoms with E-state index in [1.165, 1.54) is 5.56 Å². The Kier molecular flexibility index (Phi) is 12.0. The van der Waals surface area contributed by atoms with Crippen LogP contribution in [0.25, 0.3) is 0 Å². The summed E-state index contributed by atoms with van der Waals surface area (Å²) in [6.07, 6.45) is 2.33. The van der Waals surface area contributed by atoms with Gasteiger partial charge in [-0.1, -0.05) is 85.5 Å². The number of benzene rings is 6. The Hall–Kier alpha value is -6.86. The molecule has 0 aliphatic rings. The van der Waals surface area contributed by atoms with Gasteiger partial charge < -0.3 is 24.0 Å². The highest BCUT2D eigenvalue weighted by molar-refractivity contribution is 5.82. The summed E-state index contributed by atoms with van der Waals surface area (Å²) in [6.45, 7) is 11.9. The lowest BCUT2D eigenvalue weighted by atomic mass is 10.1. The van der Waals surface area contributed by atoms with Crippen LogP contribution in [-0.2, 0) is 38.9 Å². The van der Waals surface area contributed by atoms with Crippen molar-refractivity contribution in [2.45, 2.75) is 33.7 Å². The summed E-state index contributed by atoms with van der Waals surface area (Å²) in [5, 5.41) is 0. The van der Waals surface area contributed by atoms with E-state index in [1.807, 2.05) is 72.8 Å². The molecule has 54 heavy (non-hydrogen) atoms. The molecular weight excluding hydrogens is 673 g/mol. The Labute approximate surface area is 317 Å². The Bertz CT molecular complexity index is 2190. The number of aryl methyl sites for hydroxylation is 2. The number of esters is 2. The fourth-order valence-corrected chi connectivity index (χ4v) is 5.89. The molecule has 0 aromatic heterocycles. The van der Waals surface area contributed by atoms with Crippen LogP contribution in [0.15, 0.2) is 171 Å². The van der Waals surface area contributed by atoms with Crippen molar-refractivity contribution >= 4 is 46.1 Å². The molecule has 0 saturated carbocycles. The van der Waals surface area contributed by atoms with Gasteiger partial charge in [-0.05, 0) is 115 Å². The van der Waals surface area contributed by atoms with E-state index >= 15 is 0 Å². The number of carbonyl (C=O) groups excluding carboxylic acids is 2. The summed E-state index contributed by atoms with van der Waals surface area (Å²) in [4.78, 5) is 27.5. The van der Waals surface area contributed by atoms with Crippen LogP contribution < -0.4 is 14.5 Å². The van der Waals surface area contributed by atoms with Gasteiger partial charge in [0.05, 0.1) is 0 Å². The number of nitrogens with zero attached hydrogens (tertiary/aromatic N) is 2. The fraction of sp³-hybridized carbons (Fsp3) is 0.106. The third kappa shape index (κ3) is 9.32. The predicted octanol–water partition coefficient (Wildman–Crippen LogP) is 11.3. The minimum Gasteiger partial charge on any atom is -0.489 e. The highest BCUT2D eigenvalue weighted by atomic mass is 16.5. The molecule has 0 heterocycles.